The maximum atomic E-state index is 12.1. The third-order valence-electron chi connectivity index (χ3n) is 3.16. The van der Waals surface area contributed by atoms with Gasteiger partial charge in [0.05, 0.1) is 4.90 Å². The summed E-state index contributed by atoms with van der Waals surface area (Å²) in [4.78, 5) is 2.68. The molecular formula is C14H23N3O2S2. The van der Waals surface area contributed by atoms with Crippen LogP contribution in [0, 0.1) is 0 Å². The van der Waals surface area contributed by atoms with Crippen molar-refractivity contribution in [3.63, 3.8) is 0 Å². The fourth-order valence-corrected chi connectivity index (χ4v) is 3.12. The summed E-state index contributed by atoms with van der Waals surface area (Å²) in [5.41, 5.74) is 6.15. The van der Waals surface area contributed by atoms with Crippen LogP contribution in [0.2, 0.25) is 0 Å². The quantitative estimate of drug-likeness (QED) is 0.669. The Kier molecular flexibility index (Phi) is 7.24. The molecule has 0 saturated carbocycles. The smallest absolute Gasteiger partial charge is 0.240 e. The average molecular weight is 329 g/mol. The highest BCUT2D eigenvalue weighted by Gasteiger charge is 2.14. The van der Waals surface area contributed by atoms with Crippen LogP contribution in [-0.2, 0) is 10.0 Å². The zero-order valence-electron chi connectivity index (χ0n) is 12.5. The summed E-state index contributed by atoms with van der Waals surface area (Å²) in [7, 11) is -3.48. The van der Waals surface area contributed by atoms with Gasteiger partial charge in [0.1, 0.15) is 4.99 Å². The molecule has 1 rings (SSSR count). The van der Waals surface area contributed by atoms with Crippen LogP contribution in [0.15, 0.2) is 29.2 Å². The summed E-state index contributed by atoms with van der Waals surface area (Å²) in [6.45, 7) is 7.16. The number of hydrogen-bond donors (Lipinski definition) is 2. The summed E-state index contributed by atoms with van der Waals surface area (Å²) >= 11 is 4.84. The fraction of sp³-hybridized carbons (Fsp3) is 0.500. The second kappa shape index (κ2) is 8.43. The van der Waals surface area contributed by atoms with E-state index < -0.39 is 10.0 Å². The third-order valence-corrected chi connectivity index (χ3v) is 4.87. The Morgan fingerprint density at radius 1 is 1.24 bits per heavy atom. The van der Waals surface area contributed by atoms with Crippen LogP contribution < -0.4 is 10.5 Å². The molecule has 0 aromatic heterocycles. The van der Waals surface area contributed by atoms with E-state index in [9.17, 15) is 8.42 Å². The number of hydrogen-bond acceptors (Lipinski definition) is 4. The zero-order valence-corrected chi connectivity index (χ0v) is 14.1. The third kappa shape index (κ3) is 5.70. The number of benzene rings is 1. The molecule has 118 valence electrons. The molecule has 0 fully saturated rings. The standard InChI is InChI=1S/C14H23N3O2S2/c1-3-10-17(4-2)11-9-16-21(18,19)13-7-5-12(6-8-13)14(15)20/h5-8,16H,3-4,9-11H2,1-2H3,(H2,15,20). The summed E-state index contributed by atoms with van der Waals surface area (Å²) in [5.74, 6) is 0. The SMILES string of the molecule is CCCN(CC)CCNS(=O)(=O)c1ccc(C(N)=S)cc1. The average Bonchev–Trinajstić information content (AvgIpc) is 2.46. The minimum Gasteiger partial charge on any atom is -0.389 e. The molecule has 0 aliphatic carbocycles. The molecule has 0 unspecified atom stereocenters. The van der Waals surface area contributed by atoms with E-state index in [1.165, 1.54) is 12.1 Å². The molecule has 5 nitrogen and oxygen atoms in total. The van der Waals surface area contributed by atoms with Gasteiger partial charge in [-0.25, -0.2) is 13.1 Å². The molecule has 0 saturated heterocycles. The van der Waals surface area contributed by atoms with E-state index in [1.807, 2.05) is 0 Å². The Balaban J connectivity index is 2.62. The predicted molar refractivity (Wildman–Crippen MR) is 89.9 cm³/mol. The summed E-state index contributed by atoms with van der Waals surface area (Å²) in [5, 5.41) is 0. The van der Waals surface area contributed by atoms with Gasteiger partial charge in [-0.05, 0) is 31.6 Å². The first-order valence-corrected chi connectivity index (χ1v) is 8.91. The molecule has 0 aliphatic heterocycles. The van der Waals surface area contributed by atoms with Crippen LogP contribution >= 0.6 is 12.2 Å². The summed E-state index contributed by atoms with van der Waals surface area (Å²) in [6, 6.07) is 6.26. The molecule has 3 N–H and O–H groups in total. The van der Waals surface area contributed by atoms with Crippen molar-refractivity contribution in [1.82, 2.24) is 9.62 Å². The van der Waals surface area contributed by atoms with E-state index in [4.69, 9.17) is 18.0 Å². The zero-order chi connectivity index (χ0) is 15.9. The van der Waals surface area contributed by atoms with Gasteiger partial charge in [0.25, 0.3) is 0 Å². The Labute approximate surface area is 132 Å². The topological polar surface area (TPSA) is 75.4 Å². The second-order valence-corrected chi connectivity index (χ2v) is 6.93. The van der Waals surface area contributed by atoms with Crippen molar-refractivity contribution in [3.05, 3.63) is 29.8 Å². The van der Waals surface area contributed by atoms with Crippen LogP contribution in [0.1, 0.15) is 25.8 Å². The van der Waals surface area contributed by atoms with Gasteiger partial charge in [0, 0.05) is 18.7 Å². The molecular weight excluding hydrogens is 306 g/mol. The molecule has 0 atom stereocenters. The summed E-state index contributed by atoms with van der Waals surface area (Å²) in [6.07, 6.45) is 1.06. The van der Waals surface area contributed by atoms with Crippen molar-refractivity contribution in [1.29, 1.82) is 0 Å². The maximum absolute atomic E-state index is 12.1. The highest BCUT2D eigenvalue weighted by Crippen LogP contribution is 2.10. The van der Waals surface area contributed by atoms with Crippen LogP contribution in [0.5, 0.6) is 0 Å². The highest BCUT2D eigenvalue weighted by atomic mass is 32.2. The number of nitrogens with zero attached hydrogens (tertiary/aromatic N) is 1. The van der Waals surface area contributed by atoms with Crippen LogP contribution in [0.4, 0.5) is 0 Å². The van der Waals surface area contributed by atoms with Gasteiger partial charge in [-0.2, -0.15) is 0 Å². The van der Waals surface area contributed by atoms with Crippen molar-refractivity contribution in [2.24, 2.45) is 5.73 Å². The number of likely N-dealkylation sites (N-methyl/N-ethyl adjacent to an activating group) is 1. The van der Waals surface area contributed by atoms with Crippen molar-refractivity contribution >= 4 is 27.2 Å². The number of thiocarbonyl (C=S) groups is 1. The van der Waals surface area contributed by atoms with E-state index in [-0.39, 0.29) is 9.88 Å². The number of nitrogens with two attached hydrogens (primary N) is 1. The Hall–Kier alpha value is -1.02. The lowest BCUT2D eigenvalue weighted by Crippen LogP contribution is -2.35. The molecule has 0 radical (unpaired) electrons. The normalized spacial score (nSPS) is 11.8. The van der Waals surface area contributed by atoms with E-state index in [0.29, 0.717) is 18.7 Å². The number of sulfonamides is 1. The van der Waals surface area contributed by atoms with Crippen molar-refractivity contribution in [3.8, 4) is 0 Å². The fourth-order valence-electron chi connectivity index (χ4n) is 1.96. The van der Waals surface area contributed by atoms with Gasteiger partial charge in [-0.15, -0.1) is 0 Å². The lowest BCUT2D eigenvalue weighted by molar-refractivity contribution is 0.293. The number of rotatable bonds is 9. The number of nitrogens with one attached hydrogen (secondary N) is 1. The maximum Gasteiger partial charge on any atom is 0.240 e. The molecule has 7 heteroatoms. The Bertz CT molecular complexity index is 556. The van der Waals surface area contributed by atoms with E-state index in [0.717, 1.165) is 19.5 Å². The lowest BCUT2D eigenvalue weighted by Gasteiger charge is -2.19. The van der Waals surface area contributed by atoms with Gasteiger partial charge < -0.3 is 10.6 Å². The Morgan fingerprint density at radius 2 is 1.86 bits per heavy atom. The van der Waals surface area contributed by atoms with Crippen LogP contribution in [0.25, 0.3) is 0 Å². The van der Waals surface area contributed by atoms with Crippen LogP contribution in [-0.4, -0.2) is 44.5 Å². The summed E-state index contributed by atoms with van der Waals surface area (Å²) < 4.78 is 26.9. The minimum absolute atomic E-state index is 0.223. The van der Waals surface area contributed by atoms with E-state index >= 15 is 0 Å². The van der Waals surface area contributed by atoms with E-state index in [2.05, 4.69) is 23.5 Å². The molecule has 0 spiro atoms. The lowest BCUT2D eigenvalue weighted by atomic mass is 10.2. The Morgan fingerprint density at radius 3 is 2.33 bits per heavy atom. The van der Waals surface area contributed by atoms with Crippen molar-refractivity contribution < 1.29 is 8.42 Å². The van der Waals surface area contributed by atoms with Gasteiger partial charge >= 0.3 is 0 Å². The highest BCUT2D eigenvalue weighted by molar-refractivity contribution is 7.89. The van der Waals surface area contributed by atoms with Gasteiger partial charge in [0.15, 0.2) is 0 Å². The van der Waals surface area contributed by atoms with Crippen molar-refractivity contribution in [2.75, 3.05) is 26.2 Å². The van der Waals surface area contributed by atoms with Gasteiger partial charge in [-0.3, -0.25) is 0 Å². The molecule has 0 amide bonds. The first-order valence-electron chi connectivity index (χ1n) is 7.02. The first-order chi connectivity index (χ1) is 9.90. The second-order valence-electron chi connectivity index (χ2n) is 4.72. The minimum atomic E-state index is -3.48. The molecule has 1 aromatic carbocycles. The first kappa shape index (κ1) is 18.0. The monoisotopic (exact) mass is 329 g/mol. The largest absolute Gasteiger partial charge is 0.389 e. The van der Waals surface area contributed by atoms with Crippen molar-refractivity contribution in [2.45, 2.75) is 25.2 Å². The van der Waals surface area contributed by atoms with E-state index in [1.54, 1.807) is 12.1 Å². The van der Waals surface area contributed by atoms with Gasteiger partial charge in [0.2, 0.25) is 10.0 Å². The molecule has 0 heterocycles. The van der Waals surface area contributed by atoms with Gasteiger partial charge in [-0.1, -0.05) is 38.2 Å². The molecule has 0 aliphatic rings. The molecule has 1 aromatic rings. The molecule has 21 heavy (non-hydrogen) atoms. The van der Waals surface area contributed by atoms with Crippen LogP contribution in [0.3, 0.4) is 0 Å². The predicted octanol–water partition coefficient (Wildman–Crippen LogP) is 1.33. The molecule has 0 bridgehead atoms.